The second-order valence-electron chi connectivity index (χ2n) is 6.87. The summed E-state index contributed by atoms with van der Waals surface area (Å²) in [5, 5.41) is 5.74. The monoisotopic (exact) mass is 400 g/mol. The minimum Gasteiger partial charge on any atom is -0.0857 e. The zero-order valence-corrected chi connectivity index (χ0v) is 15.4. The van der Waals surface area contributed by atoms with Crippen LogP contribution in [0.5, 0.6) is 0 Å². The fraction of sp³-hybridized carbons (Fsp3) is 0.333. The van der Waals surface area contributed by atoms with Gasteiger partial charge in [0.25, 0.3) is 0 Å². The maximum atomic E-state index is 2.57. The molecule has 0 aliphatic heterocycles. The molecule has 112 valence electrons. The van der Waals surface area contributed by atoms with E-state index < -0.39 is 0 Å². The fourth-order valence-electron chi connectivity index (χ4n) is 4.29. The van der Waals surface area contributed by atoms with E-state index in [1.54, 1.807) is 11.1 Å². The molecule has 0 bridgehead atoms. The first-order chi connectivity index (χ1) is 10.7. The maximum absolute atomic E-state index is 2.57. The van der Waals surface area contributed by atoms with E-state index in [2.05, 4.69) is 78.9 Å². The molecule has 1 heteroatoms. The minimum atomic E-state index is 0.712. The predicted molar refractivity (Wildman–Crippen MR) is 105 cm³/mol. The Labute approximate surface area is 146 Å². The van der Waals surface area contributed by atoms with Crippen molar-refractivity contribution in [1.29, 1.82) is 0 Å². The molecule has 1 aliphatic rings. The number of benzene rings is 3. The highest BCUT2D eigenvalue weighted by atomic mass is 127. The van der Waals surface area contributed by atoms with Crippen molar-refractivity contribution in [3.05, 3.63) is 59.2 Å². The number of fused-ring (bicyclic) bond motifs is 5. The largest absolute Gasteiger partial charge is 0.0857 e. The van der Waals surface area contributed by atoms with Crippen LogP contribution in [0.1, 0.15) is 36.0 Å². The molecule has 3 aromatic carbocycles. The standard InChI is InChI=1S/C21H21I/c1-13-9-15-7-8-19-18-6-4-3-5-17(18)14(2)11-20(19)21(15)16(10-13)12-22/h3-8,11,13,16H,9-10,12H2,1-2H3. The van der Waals surface area contributed by atoms with Crippen LogP contribution in [0.15, 0.2) is 42.5 Å². The van der Waals surface area contributed by atoms with E-state index >= 15 is 0 Å². The van der Waals surface area contributed by atoms with Crippen molar-refractivity contribution < 1.29 is 0 Å². The summed E-state index contributed by atoms with van der Waals surface area (Å²) in [5.74, 6) is 1.52. The van der Waals surface area contributed by atoms with Crippen LogP contribution in [0, 0.1) is 12.8 Å². The summed E-state index contributed by atoms with van der Waals surface area (Å²) in [6.07, 6.45) is 2.57. The van der Waals surface area contributed by atoms with E-state index in [1.165, 1.54) is 44.4 Å². The molecule has 0 saturated carbocycles. The molecule has 3 aromatic rings. The van der Waals surface area contributed by atoms with Gasteiger partial charge in [-0.1, -0.05) is 72.0 Å². The lowest BCUT2D eigenvalue weighted by atomic mass is 9.76. The molecule has 0 heterocycles. The average Bonchev–Trinajstić information content (AvgIpc) is 2.54. The van der Waals surface area contributed by atoms with Crippen molar-refractivity contribution in [2.24, 2.45) is 5.92 Å². The van der Waals surface area contributed by atoms with Crippen LogP contribution in [0.2, 0.25) is 0 Å². The summed E-state index contributed by atoms with van der Waals surface area (Å²) in [6.45, 7) is 4.66. The Balaban J connectivity index is 2.11. The summed E-state index contributed by atoms with van der Waals surface area (Å²) in [5.41, 5.74) is 4.63. The molecule has 4 rings (SSSR count). The summed E-state index contributed by atoms with van der Waals surface area (Å²) in [4.78, 5) is 0. The third-order valence-electron chi connectivity index (χ3n) is 5.23. The van der Waals surface area contributed by atoms with Crippen LogP contribution < -0.4 is 0 Å². The zero-order chi connectivity index (χ0) is 15.3. The first-order valence-electron chi connectivity index (χ1n) is 8.19. The number of rotatable bonds is 1. The molecule has 2 unspecified atom stereocenters. The smallest absolute Gasteiger partial charge is 0.00646 e. The van der Waals surface area contributed by atoms with Gasteiger partial charge in [-0.15, -0.1) is 0 Å². The van der Waals surface area contributed by atoms with E-state index in [0.717, 1.165) is 5.92 Å². The van der Waals surface area contributed by atoms with Gasteiger partial charge in [-0.05, 0) is 69.8 Å². The van der Waals surface area contributed by atoms with Gasteiger partial charge in [0.05, 0.1) is 0 Å². The molecule has 0 saturated heterocycles. The predicted octanol–water partition coefficient (Wildman–Crippen LogP) is 6.40. The van der Waals surface area contributed by atoms with Crippen LogP contribution in [0.25, 0.3) is 21.5 Å². The maximum Gasteiger partial charge on any atom is 0.00646 e. The van der Waals surface area contributed by atoms with E-state index in [9.17, 15) is 0 Å². The molecule has 0 amide bonds. The molecule has 2 atom stereocenters. The van der Waals surface area contributed by atoms with Gasteiger partial charge >= 0.3 is 0 Å². The van der Waals surface area contributed by atoms with E-state index in [-0.39, 0.29) is 0 Å². The van der Waals surface area contributed by atoms with Gasteiger partial charge in [-0.2, -0.15) is 0 Å². The van der Waals surface area contributed by atoms with Crippen molar-refractivity contribution in [2.75, 3.05) is 4.43 Å². The van der Waals surface area contributed by atoms with Crippen LogP contribution >= 0.6 is 22.6 Å². The number of alkyl halides is 1. The van der Waals surface area contributed by atoms with Crippen molar-refractivity contribution in [3.8, 4) is 0 Å². The van der Waals surface area contributed by atoms with Gasteiger partial charge in [0, 0.05) is 4.43 Å². The highest BCUT2D eigenvalue weighted by molar-refractivity contribution is 14.1. The van der Waals surface area contributed by atoms with Gasteiger partial charge in [0.15, 0.2) is 0 Å². The lowest BCUT2D eigenvalue weighted by Crippen LogP contribution is -2.18. The molecule has 1 aliphatic carbocycles. The number of halogens is 1. The molecule has 0 nitrogen and oxygen atoms in total. The van der Waals surface area contributed by atoms with Gasteiger partial charge in [0.2, 0.25) is 0 Å². The van der Waals surface area contributed by atoms with Crippen LogP contribution in [-0.4, -0.2) is 4.43 Å². The highest BCUT2D eigenvalue weighted by Gasteiger charge is 2.26. The first kappa shape index (κ1) is 14.5. The number of hydrogen-bond donors (Lipinski definition) is 0. The van der Waals surface area contributed by atoms with Gasteiger partial charge in [-0.3, -0.25) is 0 Å². The molecule has 22 heavy (non-hydrogen) atoms. The third-order valence-corrected chi connectivity index (χ3v) is 6.29. The summed E-state index contributed by atoms with van der Waals surface area (Å²) >= 11 is 2.57. The van der Waals surface area contributed by atoms with Crippen LogP contribution in [0.4, 0.5) is 0 Å². The van der Waals surface area contributed by atoms with Gasteiger partial charge in [-0.25, -0.2) is 0 Å². The fourth-order valence-corrected chi connectivity index (χ4v) is 5.09. The number of hydrogen-bond acceptors (Lipinski definition) is 0. The third kappa shape index (κ3) is 2.17. The highest BCUT2D eigenvalue weighted by Crippen LogP contribution is 2.42. The summed E-state index contributed by atoms with van der Waals surface area (Å²) in [6, 6.07) is 16.0. The summed E-state index contributed by atoms with van der Waals surface area (Å²) < 4.78 is 1.22. The molecule has 0 N–H and O–H groups in total. The molecule has 0 radical (unpaired) electrons. The molecule has 0 aromatic heterocycles. The molecular formula is C21H21I. The lowest BCUT2D eigenvalue weighted by molar-refractivity contribution is 0.458. The second-order valence-corrected chi connectivity index (χ2v) is 7.75. The van der Waals surface area contributed by atoms with Crippen molar-refractivity contribution in [2.45, 2.75) is 32.6 Å². The Morgan fingerprint density at radius 1 is 1.00 bits per heavy atom. The quantitative estimate of drug-likeness (QED) is 0.252. The molecule has 0 fully saturated rings. The molecule has 0 spiro atoms. The van der Waals surface area contributed by atoms with E-state index in [0.29, 0.717) is 5.92 Å². The first-order valence-corrected chi connectivity index (χ1v) is 9.71. The Kier molecular flexibility index (Phi) is 3.64. The Morgan fingerprint density at radius 3 is 2.50 bits per heavy atom. The molecular weight excluding hydrogens is 379 g/mol. The minimum absolute atomic E-state index is 0.712. The van der Waals surface area contributed by atoms with Crippen molar-refractivity contribution in [1.82, 2.24) is 0 Å². The normalized spacial score (nSPS) is 21.2. The average molecular weight is 400 g/mol. The second kappa shape index (κ2) is 5.52. The van der Waals surface area contributed by atoms with Crippen molar-refractivity contribution >= 4 is 44.1 Å². The topological polar surface area (TPSA) is 0 Å². The van der Waals surface area contributed by atoms with Crippen LogP contribution in [-0.2, 0) is 6.42 Å². The summed E-state index contributed by atoms with van der Waals surface area (Å²) in [7, 11) is 0. The lowest BCUT2D eigenvalue weighted by Gasteiger charge is -2.30. The Hall–Kier alpha value is -1.09. The SMILES string of the molecule is Cc1cc2c3c(ccc2c2ccccc12)CC(C)CC3CI. The van der Waals surface area contributed by atoms with Gasteiger partial charge in [0.1, 0.15) is 0 Å². The van der Waals surface area contributed by atoms with Crippen molar-refractivity contribution in [3.63, 3.8) is 0 Å². The van der Waals surface area contributed by atoms with E-state index in [4.69, 9.17) is 0 Å². The number of aryl methyl sites for hydroxylation is 1. The zero-order valence-electron chi connectivity index (χ0n) is 13.2. The Morgan fingerprint density at radius 2 is 1.73 bits per heavy atom. The van der Waals surface area contributed by atoms with Gasteiger partial charge < -0.3 is 0 Å². The van der Waals surface area contributed by atoms with Crippen LogP contribution in [0.3, 0.4) is 0 Å². The Bertz CT molecular complexity index is 863. The van der Waals surface area contributed by atoms with E-state index in [1.807, 2.05) is 0 Å².